The molecule has 2 N–H and O–H groups in total. The van der Waals surface area contributed by atoms with Gasteiger partial charge in [-0.25, -0.2) is 0 Å². The van der Waals surface area contributed by atoms with Crippen LogP contribution in [0.15, 0.2) is 48.5 Å². The third-order valence-electron chi connectivity index (χ3n) is 3.73. The van der Waals surface area contributed by atoms with Gasteiger partial charge in [0.25, 0.3) is 0 Å². The number of hydrogen-bond acceptors (Lipinski definition) is 3. The molecule has 0 saturated heterocycles. The minimum atomic E-state index is 0.456. The van der Waals surface area contributed by atoms with Crippen molar-refractivity contribution in [3.05, 3.63) is 59.7 Å². The Kier molecular flexibility index (Phi) is 3.61. The van der Waals surface area contributed by atoms with Crippen LogP contribution in [0, 0.1) is 0 Å². The predicted molar refractivity (Wildman–Crippen MR) is 81.9 cm³/mol. The number of likely N-dealkylation sites (N-methyl/N-ethyl adjacent to an activating group) is 1. The fraction of sp³-hybridized carbons (Fsp3) is 0.294. The number of ether oxygens (including phenoxy) is 1. The van der Waals surface area contributed by atoms with E-state index in [0.29, 0.717) is 5.92 Å². The van der Waals surface area contributed by atoms with E-state index in [0.717, 1.165) is 31.1 Å². The fourth-order valence-electron chi connectivity index (χ4n) is 2.82. The summed E-state index contributed by atoms with van der Waals surface area (Å²) in [5, 5.41) is 0. The Morgan fingerprint density at radius 1 is 1.20 bits per heavy atom. The maximum Gasteiger partial charge on any atom is 0.122 e. The summed E-state index contributed by atoms with van der Waals surface area (Å²) < 4.78 is 5.73. The number of rotatable bonds is 4. The lowest BCUT2D eigenvalue weighted by Gasteiger charge is -2.20. The second-order valence-electron chi connectivity index (χ2n) is 5.49. The minimum absolute atomic E-state index is 0.456. The van der Waals surface area contributed by atoms with Gasteiger partial charge in [0.05, 0.1) is 6.61 Å². The predicted octanol–water partition coefficient (Wildman–Crippen LogP) is 2.88. The number of benzene rings is 2. The van der Waals surface area contributed by atoms with Crippen LogP contribution in [0.2, 0.25) is 0 Å². The highest BCUT2D eigenvalue weighted by atomic mass is 16.5. The zero-order valence-electron chi connectivity index (χ0n) is 11.8. The summed E-state index contributed by atoms with van der Waals surface area (Å²) in [5.74, 6) is 1.49. The van der Waals surface area contributed by atoms with Gasteiger partial charge < -0.3 is 15.4 Å². The largest absolute Gasteiger partial charge is 0.493 e. The number of para-hydroxylation sites is 1. The van der Waals surface area contributed by atoms with Crippen molar-refractivity contribution in [1.82, 2.24) is 4.90 Å². The van der Waals surface area contributed by atoms with Crippen LogP contribution in [0.25, 0.3) is 0 Å². The van der Waals surface area contributed by atoms with Crippen LogP contribution in [0.3, 0.4) is 0 Å². The molecule has 0 aliphatic carbocycles. The summed E-state index contributed by atoms with van der Waals surface area (Å²) in [6, 6.07) is 16.4. The monoisotopic (exact) mass is 268 g/mol. The van der Waals surface area contributed by atoms with Crippen LogP contribution >= 0.6 is 0 Å². The number of fused-ring (bicyclic) bond motifs is 1. The first kappa shape index (κ1) is 13.0. The minimum Gasteiger partial charge on any atom is -0.493 e. The van der Waals surface area contributed by atoms with Crippen LogP contribution in [-0.4, -0.2) is 25.1 Å². The SMILES string of the molecule is CN(Cc1cccc(N)c1)CC1COc2ccccc21. The van der Waals surface area contributed by atoms with Crippen molar-refractivity contribution in [2.45, 2.75) is 12.5 Å². The van der Waals surface area contributed by atoms with Crippen molar-refractivity contribution >= 4 is 5.69 Å². The molecule has 0 aromatic heterocycles. The molecule has 1 unspecified atom stereocenters. The molecule has 3 nitrogen and oxygen atoms in total. The number of hydrogen-bond donors (Lipinski definition) is 1. The van der Waals surface area contributed by atoms with Crippen molar-refractivity contribution in [3.8, 4) is 5.75 Å². The standard InChI is InChI=1S/C17H20N2O/c1-19(10-13-5-4-6-15(18)9-13)11-14-12-20-17-8-3-2-7-16(14)17/h2-9,14H,10-12,18H2,1H3. The topological polar surface area (TPSA) is 38.5 Å². The smallest absolute Gasteiger partial charge is 0.122 e. The third-order valence-corrected chi connectivity index (χ3v) is 3.73. The molecule has 2 aromatic rings. The molecule has 0 bridgehead atoms. The zero-order chi connectivity index (χ0) is 13.9. The molecular weight excluding hydrogens is 248 g/mol. The first-order valence-corrected chi connectivity index (χ1v) is 6.97. The molecule has 20 heavy (non-hydrogen) atoms. The van der Waals surface area contributed by atoms with Gasteiger partial charge in [-0.15, -0.1) is 0 Å². The second kappa shape index (κ2) is 5.55. The third kappa shape index (κ3) is 2.78. The molecule has 0 amide bonds. The van der Waals surface area contributed by atoms with Gasteiger partial charge in [0.1, 0.15) is 5.75 Å². The van der Waals surface area contributed by atoms with Gasteiger partial charge in [-0.05, 0) is 30.8 Å². The molecule has 3 heteroatoms. The van der Waals surface area contributed by atoms with Crippen molar-refractivity contribution in [2.75, 3.05) is 25.9 Å². The number of nitrogens with two attached hydrogens (primary N) is 1. The molecule has 0 fully saturated rings. The maximum atomic E-state index is 5.82. The van der Waals surface area contributed by atoms with Gasteiger partial charge in [-0.1, -0.05) is 30.3 Å². The molecular formula is C17H20N2O. The van der Waals surface area contributed by atoms with Gasteiger partial charge in [0, 0.05) is 30.3 Å². The molecule has 0 radical (unpaired) electrons. The van der Waals surface area contributed by atoms with Crippen LogP contribution in [-0.2, 0) is 6.54 Å². The summed E-state index contributed by atoms with van der Waals surface area (Å²) in [7, 11) is 2.14. The molecule has 1 atom stereocenters. The van der Waals surface area contributed by atoms with E-state index < -0.39 is 0 Å². The zero-order valence-corrected chi connectivity index (χ0v) is 11.8. The number of anilines is 1. The summed E-state index contributed by atoms with van der Waals surface area (Å²) in [5.41, 5.74) is 9.22. The van der Waals surface area contributed by atoms with Crippen molar-refractivity contribution in [3.63, 3.8) is 0 Å². The highest BCUT2D eigenvalue weighted by Crippen LogP contribution is 2.33. The Morgan fingerprint density at radius 2 is 2.05 bits per heavy atom. The first-order valence-electron chi connectivity index (χ1n) is 6.97. The lowest BCUT2D eigenvalue weighted by molar-refractivity contribution is 0.262. The summed E-state index contributed by atoms with van der Waals surface area (Å²) >= 11 is 0. The van der Waals surface area contributed by atoms with E-state index in [1.54, 1.807) is 0 Å². The van der Waals surface area contributed by atoms with E-state index in [9.17, 15) is 0 Å². The molecule has 3 rings (SSSR count). The molecule has 104 valence electrons. The van der Waals surface area contributed by atoms with E-state index in [-0.39, 0.29) is 0 Å². The second-order valence-corrected chi connectivity index (χ2v) is 5.49. The highest BCUT2D eigenvalue weighted by molar-refractivity contribution is 5.41. The quantitative estimate of drug-likeness (QED) is 0.867. The fourth-order valence-corrected chi connectivity index (χ4v) is 2.82. The molecule has 0 saturated carbocycles. The highest BCUT2D eigenvalue weighted by Gasteiger charge is 2.24. The van der Waals surface area contributed by atoms with Crippen LogP contribution in [0.4, 0.5) is 5.69 Å². The molecule has 1 aliphatic rings. The van der Waals surface area contributed by atoms with Gasteiger partial charge in [0.15, 0.2) is 0 Å². The lowest BCUT2D eigenvalue weighted by atomic mass is 10.0. The maximum absolute atomic E-state index is 5.82. The van der Waals surface area contributed by atoms with E-state index in [1.807, 2.05) is 30.3 Å². The Bertz CT molecular complexity index is 597. The summed E-state index contributed by atoms with van der Waals surface area (Å²) in [6.07, 6.45) is 0. The van der Waals surface area contributed by atoms with Crippen molar-refractivity contribution in [2.24, 2.45) is 0 Å². The summed E-state index contributed by atoms with van der Waals surface area (Å²) in [6.45, 7) is 2.68. The van der Waals surface area contributed by atoms with Gasteiger partial charge in [0.2, 0.25) is 0 Å². The molecule has 2 aromatic carbocycles. The Labute approximate surface area is 120 Å². The number of nitrogens with zero attached hydrogens (tertiary/aromatic N) is 1. The normalized spacial score (nSPS) is 17.0. The van der Waals surface area contributed by atoms with Crippen LogP contribution in [0.1, 0.15) is 17.0 Å². The van der Waals surface area contributed by atoms with Crippen LogP contribution in [0.5, 0.6) is 5.75 Å². The van der Waals surface area contributed by atoms with Crippen molar-refractivity contribution in [1.29, 1.82) is 0 Å². The Hall–Kier alpha value is -2.00. The van der Waals surface area contributed by atoms with E-state index in [1.165, 1.54) is 11.1 Å². The Balaban J connectivity index is 1.64. The summed E-state index contributed by atoms with van der Waals surface area (Å²) in [4.78, 5) is 2.32. The van der Waals surface area contributed by atoms with E-state index in [2.05, 4.69) is 30.1 Å². The molecule has 1 aliphatic heterocycles. The van der Waals surface area contributed by atoms with Crippen LogP contribution < -0.4 is 10.5 Å². The van der Waals surface area contributed by atoms with Crippen molar-refractivity contribution < 1.29 is 4.74 Å². The van der Waals surface area contributed by atoms with Gasteiger partial charge in [-0.2, -0.15) is 0 Å². The molecule has 1 heterocycles. The molecule has 0 spiro atoms. The lowest BCUT2D eigenvalue weighted by Crippen LogP contribution is -2.25. The van der Waals surface area contributed by atoms with E-state index in [4.69, 9.17) is 10.5 Å². The van der Waals surface area contributed by atoms with E-state index >= 15 is 0 Å². The average molecular weight is 268 g/mol. The average Bonchev–Trinajstić information content (AvgIpc) is 2.82. The Morgan fingerprint density at radius 3 is 2.90 bits per heavy atom. The number of nitrogen functional groups attached to an aromatic ring is 1. The first-order chi connectivity index (χ1) is 9.72. The van der Waals surface area contributed by atoms with Gasteiger partial charge >= 0.3 is 0 Å². The van der Waals surface area contributed by atoms with Gasteiger partial charge in [-0.3, -0.25) is 0 Å².